The summed E-state index contributed by atoms with van der Waals surface area (Å²) in [6, 6.07) is 0. The number of carbonyl (C=O) groups is 1. The predicted octanol–water partition coefficient (Wildman–Crippen LogP) is 3.00. The molecule has 7 nitrogen and oxygen atoms in total. The molecular weight excluding hydrogens is 323 g/mol. The molecule has 0 atom stereocenters. The Hall–Kier alpha value is -2.53. The molecule has 22 heavy (non-hydrogen) atoms. The molecule has 1 aromatic heterocycles. The molecule has 0 unspecified atom stereocenters. The summed E-state index contributed by atoms with van der Waals surface area (Å²) < 4.78 is 69.8. The minimum absolute atomic E-state index is 0.235. The number of hydrogen-bond acceptors (Lipinski definition) is 6. The fraction of sp³-hybridized carbons (Fsp3) is 0.400. The Kier molecular flexibility index (Phi) is 5.17. The molecule has 0 amide bonds. The van der Waals surface area contributed by atoms with Gasteiger partial charge < -0.3 is 9.47 Å². The van der Waals surface area contributed by atoms with E-state index in [-0.39, 0.29) is 6.61 Å². The fourth-order valence-corrected chi connectivity index (χ4v) is 1.44. The van der Waals surface area contributed by atoms with Crippen LogP contribution in [0.4, 0.5) is 27.6 Å². The highest BCUT2D eigenvalue weighted by molar-refractivity contribution is 5.94. The average molecular weight is 330 g/mol. The first-order valence-electron chi connectivity index (χ1n) is 5.46. The molecule has 0 N–H and O–H groups in total. The maximum absolute atomic E-state index is 12.9. The molecule has 12 heteroatoms. The molecule has 0 spiro atoms. The summed E-state index contributed by atoms with van der Waals surface area (Å²) in [7, 11) is 0. The zero-order valence-corrected chi connectivity index (χ0v) is 10.7. The third kappa shape index (κ3) is 3.99. The smallest absolute Gasteiger partial charge is 0.462 e. The Bertz CT molecular complexity index is 590. The number of carbonyl (C=O) groups excluding carboxylic acids is 1. The van der Waals surface area contributed by atoms with Gasteiger partial charge in [0.1, 0.15) is 0 Å². The maximum Gasteiger partial charge on any atom is 0.574 e. The minimum atomic E-state index is -5.39. The molecule has 0 saturated heterocycles. The summed E-state index contributed by atoms with van der Waals surface area (Å²) in [4.78, 5) is 23.8. The Morgan fingerprint density at radius 3 is 2.45 bits per heavy atom. The van der Waals surface area contributed by atoms with E-state index in [1.165, 1.54) is 6.92 Å². The van der Waals surface area contributed by atoms with Crippen LogP contribution in [0.2, 0.25) is 0 Å². The van der Waals surface area contributed by atoms with Gasteiger partial charge in [-0.3, -0.25) is 10.1 Å². The predicted molar refractivity (Wildman–Crippen MR) is 58.5 cm³/mol. The van der Waals surface area contributed by atoms with Crippen LogP contribution in [0.3, 0.4) is 0 Å². The Morgan fingerprint density at radius 1 is 1.45 bits per heavy atom. The third-order valence-corrected chi connectivity index (χ3v) is 2.16. The van der Waals surface area contributed by atoms with Crippen LogP contribution in [0.25, 0.3) is 0 Å². The van der Waals surface area contributed by atoms with Gasteiger partial charge in [-0.25, -0.2) is 18.6 Å². The molecule has 1 aromatic rings. The van der Waals surface area contributed by atoms with Crippen molar-refractivity contribution >= 4 is 11.7 Å². The van der Waals surface area contributed by atoms with E-state index in [4.69, 9.17) is 0 Å². The molecule has 1 heterocycles. The molecule has 0 aliphatic carbocycles. The Morgan fingerprint density at radius 2 is 2.05 bits per heavy atom. The van der Waals surface area contributed by atoms with Crippen LogP contribution < -0.4 is 4.74 Å². The van der Waals surface area contributed by atoms with Crippen molar-refractivity contribution in [3.63, 3.8) is 0 Å². The van der Waals surface area contributed by atoms with Crippen LogP contribution in [0.15, 0.2) is 6.20 Å². The summed E-state index contributed by atoms with van der Waals surface area (Å²) in [5.41, 5.74) is -4.31. The highest BCUT2D eigenvalue weighted by Crippen LogP contribution is 2.39. The summed E-state index contributed by atoms with van der Waals surface area (Å²) in [5, 5.41) is 10.9. The number of halogens is 5. The van der Waals surface area contributed by atoms with E-state index in [0.29, 0.717) is 6.20 Å². The Balaban J connectivity index is 3.56. The summed E-state index contributed by atoms with van der Waals surface area (Å²) in [6.07, 6.45) is -8.82. The molecule has 1 rings (SSSR count). The first kappa shape index (κ1) is 17.5. The van der Waals surface area contributed by atoms with E-state index < -0.39 is 46.4 Å². The number of ether oxygens (including phenoxy) is 2. The maximum atomic E-state index is 12.9. The van der Waals surface area contributed by atoms with E-state index in [2.05, 4.69) is 14.5 Å². The number of pyridine rings is 1. The fourth-order valence-electron chi connectivity index (χ4n) is 1.44. The molecule has 0 radical (unpaired) electrons. The molecule has 0 aromatic carbocycles. The van der Waals surface area contributed by atoms with Crippen molar-refractivity contribution in [2.75, 3.05) is 6.61 Å². The van der Waals surface area contributed by atoms with Gasteiger partial charge in [0.25, 0.3) is 12.1 Å². The van der Waals surface area contributed by atoms with Gasteiger partial charge in [0.2, 0.25) is 5.88 Å². The molecule has 0 saturated carbocycles. The number of nitro groups is 1. The van der Waals surface area contributed by atoms with Crippen LogP contribution in [-0.2, 0) is 4.74 Å². The number of alkyl halides is 5. The van der Waals surface area contributed by atoms with Crippen molar-refractivity contribution < 1.29 is 41.1 Å². The zero-order chi connectivity index (χ0) is 17.1. The number of hydrogen-bond donors (Lipinski definition) is 0. The van der Waals surface area contributed by atoms with Crippen molar-refractivity contribution in [3.8, 4) is 5.88 Å². The lowest BCUT2D eigenvalue weighted by Crippen LogP contribution is -2.20. The van der Waals surface area contributed by atoms with E-state index in [1.807, 2.05) is 0 Å². The van der Waals surface area contributed by atoms with Crippen molar-refractivity contribution in [1.82, 2.24) is 4.98 Å². The number of esters is 1. The van der Waals surface area contributed by atoms with Crippen LogP contribution in [0, 0.1) is 10.1 Å². The lowest BCUT2D eigenvalue weighted by Gasteiger charge is -2.13. The summed E-state index contributed by atoms with van der Waals surface area (Å²) >= 11 is 0. The van der Waals surface area contributed by atoms with Gasteiger partial charge in [-0.05, 0) is 6.92 Å². The summed E-state index contributed by atoms with van der Waals surface area (Å²) in [5.74, 6) is -3.08. The lowest BCUT2D eigenvalue weighted by molar-refractivity contribution is -0.386. The molecular formula is C10H7F5N2O5. The van der Waals surface area contributed by atoms with Gasteiger partial charge in [0.05, 0.1) is 17.7 Å². The average Bonchev–Trinajstić information content (AvgIpc) is 2.35. The third-order valence-electron chi connectivity index (χ3n) is 2.16. The zero-order valence-electron chi connectivity index (χ0n) is 10.7. The van der Waals surface area contributed by atoms with Gasteiger partial charge >= 0.3 is 12.3 Å². The van der Waals surface area contributed by atoms with Crippen molar-refractivity contribution in [2.45, 2.75) is 19.7 Å². The van der Waals surface area contributed by atoms with Crippen LogP contribution in [-0.4, -0.2) is 28.8 Å². The van der Waals surface area contributed by atoms with Crippen molar-refractivity contribution in [2.24, 2.45) is 0 Å². The SMILES string of the molecule is CCOC(=O)c1cnc(OC(F)(F)F)c(C(F)F)c1[N+](=O)[O-]. The highest BCUT2D eigenvalue weighted by atomic mass is 19.4. The monoisotopic (exact) mass is 330 g/mol. The van der Waals surface area contributed by atoms with E-state index in [0.717, 1.165) is 0 Å². The van der Waals surface area contributed by atoms with Crippen LogP contribution in [0.5, 0.6) is 5.88 Å². The Labute approximate surface area is 118 Å². The molecule has 0 bridgehead atoms. The van der Waals surface area contributed by atoms with Gasteiger partial charge in [0.15, 0.2) is 11.1 Å². The first-order chi connectivity index (χ1) is 10.1. The van der Waals surface area contributed by atoms with Gasteiger partial charge in [-0.2, -0.15) is 0 Å². The topological polar surface area (TPSA) is 91.6 Å². The highest BCUT2D eigenvalue weighted by Gasteiger charge is 2.40. The first-order valence-corrected chi connectivity index (χ1v) is 5.46. The minimum Gasteiger partial charge on any atom is -0.462 e. The second-order valence-corrected chi connectivity index (χ2v) is 3.57. The largest absolute Gasteiger partial charge is 0.574 e. The quantitative estimate of drug-likeness (QED) is 0.357. The standard InChI is InChI=1S/C10H7F5N2O5/c1-2-21-9(18)4-3-16-8(22-10(13,14)15)5(7(11)12)6(4)17(19)20/h3,7H,2H2,1H3. The van der Waals surface area contributed by atoms with Gasteiger partial charge in [-0.1, -0.05) is 0 Å². The molecule has 0 fully saturated rings. The molecule has 0 aliphatic rings. The van der Waals surface area contributed by atoms with Crippen molar-refractivity contribution in [1.29, 1.82) is 0 Å². The molecule has 122 valence electrons. The van der Waals surface area contributed by atoms with Crippen LogP contribution >= 0.6 is 0 Å². The second kappa shape index (κ2) is 6.49. The number of rotatable bonds is 5. The van der Waals surface area contributed by atoms with E-state index in [9.17, 15) is 36.9 Å². The van der Waals surface area contributed by atoms with E-state index in [1.54, 1.807) is 0 Å². The number of aromatic nitrogens is 1. The number of nitrogens with zero attached hydrogens (tertiary/aromatic N) is 2. The second-order valence-electron chi connectivity index (χ2n) is 3.57. The van der Waals surface area contributed by atoms with Crippen molar-refractivity contribution in [3.05, 3.63) is 27.4 Å². The summed E-state index contributed by atoms with van der Waals surface area (Å²) in [6.45, 7) is 1.10. The normalized spacial score (nSPS) is 11.4. The van der Waals surface area contributed by atoms with Gasteiger partial charge in [-0.15, -0.1) is 13.2 Å². The van der Waals surface area contributed by atoms with Crippen LogP contribution in [0.1, 0.15) is 29.3 Å². The van der Waals surface area contributed by atoms with Gasteiger partial charge in [0, 0.05) is 0 Å². The molecule has 0 aliphatic heterocycles. The van der Waals surface area contributed by atoms with E-state index >= 15 is 0 Å². The lowest BCUT2D eigenvalue weighted by atomic mass is 10.1.